The van der Waals surface area contributed by atoms with Crippen molar-refractivity contribution in [1.82, 2.24) is 4.90 Å². The van der Waals surface area contributed by atoms with Gasteiger partial charge in [-0.2, -0.15) is 5.26 Å². The minimum atomic E-state index is -0.544. The number of urea groups is 1. The van der Waals surface area contributed by atoms with Gasteiger partial charge in [0, 0.05) is 12.2 Å². The van der Waals surface area contributed by atoms with Gasteiger partial charge < -0.3 is 15.3 Å². The number of carbonyl (C=O) groups excluding carboxylic acids is 1. The van der Waals surface area contributed by atoms with E-state index < -0.39 is 5.41 Å². The highest BCUT2D eigenvalue weighted by Crippen LogP contribution is 2.24. The van der Waals surface area contributed by atoms with E-state index in [1.165, 1.54) is 0 Å². The highest BCUT2D eigenvalue weighted by molar-refractivity contribution is 5.89. The van der Waals surface area contributed by atoms with Crippen LogP contribution in [0.2, 0.25) is 0 Å². The van der Waals surface area contributed by atoms with Crippen LogP contribution in [0.25, 0.3) is 0 Å². The zero-order valence-corrected chi connectivity index (χ0v) is 13.2. The summed E-state index contributed by atoms with van der Waals surface area (Å²) in [5.41, 5.74) is 1.07. The predicted molar refractivity (Wildman–Crippen MR) is 85.5 cm³/mol. The molecule has 2 amide bonds. The minimum Gasteiger partial charge on any atom is -0.394 e. The Bertz CT molecular complexity index is 560. The molecule has 0 unspecified atom stereocenters. The summed E-state index contributed by atoms with van der Waals surface area (Å²) < 4.78 is 0. The average molecular weight is 301 g/mol. The molecule has 1 heterocycles. The van der Waals surface area contributed by atoms with Crippen molar-refractivity contribution in [3.8, 4) is 6.07 Å². The number of aliphatic hydroxyl groups is 1. The van der Waals surface area contributed by atoms with Crippen molar-refractivity contribution in [2.45, 2.75) is 44.6 Å². The molecule has 2 rings (SSSR count). The van der Waals surface area contributed by atoms with Gasteiger partial charge in [0.15, 0.2) is 0 Å². The number of likely N-dealkylation sites (tertiary alicyclic amines) is 1. The fourth-order valence-electron chi connectivity index (χ4n) is 2.69. The van der Waals surface area contributed by atoms with Crippen LogP contribution in [0.1, 0.15) is 38.7 Å². The lowest BCUT2D eigenvalue weighted by atomic mass is 9.86. The summed E-state index contributed by atoms with van der Waals surface area (Å²) in [4.78, 5) is 14.0. The quantitative estimate of drug-likeness (QED) is 0.901. The molecule has 0 saturated carbocycles. The molecule has 22 heavy (non-hydrogen) atoms. The summed E-state index contributed by atoms with van der Waals surface area (Å²) in [6, 6.07) is 9.33. The second-order valence-electron chi connectivity index (χ2n) is 6.27. The van der Waals surface area contributed by atoms with Crippen LogP contribution in [0.3, 0.4) is 0 Å². The maximum Gasteiger partial charge on any atom is 0.322 e. The third-order valence-corrected chi connectivity index (χ3v) is 4.24. The van der Waals surface area contributed by atoms with Crippen LogP contribution in [-0.2, 0) is 5.41 Å². The summed E-state index contributed by atoms with van der Waals surface area (Å²) in [5.74, 6) is 0. The Morgan fingerprint density at radius 3 is 2.68 bits per heavy atom. The fourth-order valence-corrected chi connectivity index (χ4v) is 2.69. The van der Waals surface area contributed by atoms with Gasteiger partial charge in [0.2, 0.25) is 0 Å². The molecule has 1 aliphatic rings. The van der Waals surface area contributed by atoms with Crippen molar-refractivity contribution in [2.75, 3.05) is 18.5 Å². The number of aliphatic hydroxyl groups excluding tert-OH is 1. The van der Waals surface area contributed by atoms with E-state index in [0.717, 1.165) is 24.8 Å². The predicted octanol–water partition coefficient (Wildman–Crippen LogP) is 2.87. The van der Waals surface area contributed by atoms with Crippen molar-refractivity contribution in [2.24, 2.45) is 0 Å². The number of benzene rings is 1. The molecule has 5 heteroatoms. The number of piperidine rings is 1. The average Bonchev–Trinajstić information content (AvgIpc) is 2.55. The van der Waals surface area contributed by atoms with Gasteiger partial charge in [-0.25, -0.2) is 4.79 Å². The Hall–Kier alpha value is -2.06. The summed E-state index contributed by atoms with van der Waals surface area (Å²) in [6.45, 7) is 4.40. The summed E-state index contributed by atoms with van der Waals surface area (Å²) in [5, 5.41) is 21.4. The molecule has 0 bridgehead atoms. The van der Waals surface area contributed by atoms with Crippen LogP contribution in [0.5, 0.6) is 0 Å². The second kappa shape index (κ2) is 6.80. The maximum atomic E-state index is 12.3. The van der Waals surface area contributed by atoms with Gasteiger partial charge in [0.05, 0.1) is 24.1 Å². The summed E-state index contributed by atoms with van der Waals surface area (Å²) in [7, 11) is 0. The van der Waals surface area contributed by atoms with Crippen LogP contribution in [0, 0.1) is 11.3 Å². The van der Waals surface area contributed by atoms with Crippen LogP contribution < -0.4 is 5.32 Å². The van der Waals surface area contributed by atoms with E-state index in [1.54, 1.807) is 4.90 Å². The smallest absolute Gasteiger partial charge is 0.322 e. The van der Waals surface area contributed by atoms with Gasteiger partial charge in [-0.3, -0.25) is 0 Å². The number of rotatable bonds is 3. The molecular weight excluding hydrogens is 278 g/mol. The van der Waals surface area contributed by atoms with Gasteiger partial charge in [-0.1, -0.05) is 12.1 Å². The van der Waals surface area contributed by atoms with Gasteiger partial charge in [-0.15, -0.1) is 0 Å². The lowest BCUT2D eigenvalue weighted by Gasteiger charge is -2.34. The Morgan fingerprint density at radius 2 is 2.09 bits per heavy atom. The number of amides is 2. The topological polar surface area (TPSA) is 76.4 Å². The third-order valence-electron chi connectivity index (χ3n) is 4.24. The zero-order chi connectivity index (χ0) is 16.2. The molecule has 0 spiro atoms. The number of nitrogens with zero attached hydrogens (tertiary/aromatic N) is 2. The molecule has 118 valence electrons. The van der Waals surface area contributed by atoms with Crippen molar-refractivity contribution in [3.05, 3.63) is 29.8 Å². The SMILES string of the molecule is CC(C)(C#N)c1ccc(NC(=O)N2CCCC[C@@H]2CO)cc1. The minimum absolute atomic E-state index is 0.00270. The number of hydrogen-bond donors (Lipinski definition) is 2. The van der Waals surface area contributed by atoms with Crippen LogP contribution in [0.15, 0.2) is 24.3 Å². The first-order valence-corrected chi connectivity index (χ1v) is 7.68. The molecule has 5 nitrogen and oxygen atoms in total. The van der Waals surface area contributed by atoms with Crippen LogP contribution in [0.4, 0.5) is 10.5 Å². The number of carbonyl (C=O) groups is 1. The highest BCUT2D eigenvalue weighted by Gasteiger charge is 2.26. The van der Waals surface area contributed by atoms with E-state index in [-0.39, 0.29) is 18.7 Å². The van der Waals surface area contributed by atoms with E-state index in [4.69, 9.17) is 5.26 Å². The summed E-state index contributed by atoms with van der Waals surface area (Å²) in [6.07, 6.45) is 2.87. The first-order valence-electron chi connectivity index (χ1n) is 7.68. The van der Waals surface area contributed by atoms with Gasteiger partial charge in [0.25, 0.3) is 0 Å². The highest BCUT2D eigenvalue weighted by atomic mass is 16.3. The number of anilines is 1. The molecule has 2 N–H and O–H groups in total. The maximum absolute atomic E-state index is 12.3. The molecule has 1 aromatic carbocycles. The van der Waals surface area contributed by atoms with Gasteiger partial charge >= 0.3 is 6.03 Å². The van der Waals surface area contributed by atoms with Gasteiger partial charge in [-0.05, 0) is 50.8 Å². The molecule has 1 atom stereocenters. The summed E-state index contributed by atoms with van der Waals surface area (Å²) >= 11 is 0. The molecule has 1 aliphatic heterocycles. The van der Waals surface area contributed by atoms with E-state index in [0.29, 0.717) is 12.2 Å². The fraction of sp³-hybridized carbons (Fsp3) is 0.529. The van der Waals surface area contributed by atoms with Crippen molar-refractivity contribution in [1.29, 1.82) is 5.26 Å². The van der Waals surface area contributed by atoms with Crippen molar-refractivity contribution >= 4 is 11.7 Å². The Labute approximate surface area is 131 Å². The standard InChI is InChI=1S/C17H23N3O2/c1-17(2,12-18)13-6-8-14(9-7-13)19-16(22)20-10-4-3-5-15(20)11-21/h6-9,15,21H,3-5,10-11H2,1-2H3,(H,19,22)/t15-/m1/s1. The Morgan fingerprint density at radius 1 is 1.41 bits per heavy atom. The normalized spacial score (nSPS) is 18.6. The van der Waals surface area contributed by atoms with E-state index in [2.05, 4.69) is 11.4 Å². The Kier molecular flexibility index (Phi) is 5.04. The van der Waals surface area contributed by atoms with Crippen LogP contribution >= 0.6 is 0 Å². The monoisotopic (exact) mass is 301 g/mol. The van der Waals surface area contributed by atoms with Crippen LogP contribution in [-0.4, -0.2) is 35.2 Å². The number of nitrogens with one attached hydrogen (secondary N) is 1. The van der Waals surface area contributed by atoms with E-state index >= 15 is 0 Å². The second-order valence-corrected chi connectivity index (χ2v) is 6.27. The molecule has 1 aromatic rings. The Balaban J connectivity index is 2.04. The third kappa shape index (κ3) is 3.58. The van der Waals surface area contributed by atoms with E-state index in [1.807, 2.05) is 38.1 Å². The molecule has 0 aliphatic carbocycles. The van der Waals surface area contributed by atoms with Gasteiger partial charge in [0.1, 0.15) is 0 Å². The lowest BCUT2D eigenvalue weighted by molar-refractivity contribution is 0.115. The first-order chi connectivity index (χ1) is 10.5. The van der Waals surface area contributed by atoms with E-state index in [9.17, 15) is 9.90 Å². The first kappa shape index (κ1) is 16.3. The molecule has 1 saturated heterocycles. The molecule has 1 fully saturated rings. The zero-order valence-electron chi connectivity index (χ0n) is 13.2. The van der Waals surface area contributed by atoms with Crippen molar-refractivity contribution < 1.29 is 9.90 Å². The van der Waals surface area contributed by atoms with Crippen molar-refractivity contribution in [3.63, 3.8) is 0 Å². The number of hydrogen-bond acceptors (Lipinski definition) is 3. The molecular formula is C17H23N3O2. The number of nitriles is 1. The molecule has 0 aromatic heterocycles. The molecule has 0 radical (unpaired) electrons. The largest absolute Gasteiger partial charge is 0.394 e. The lowest BCUT2D eigenvalue weighted by Crippen LogP contribution is -2.47.